The van der Waals surface area contributed by atoms with Crippen molar-refractivity contribution in [3.63, 3.8) is 0 Å². The Morgan fingerprint density at radius 1 is 1.00 bits per heavy atom. The van der Waals surface area contributed by atoms with E-state index in [1.54, 1.807) is 13.0 Å². The topological polar surface area (TPSA) is 131 Å². The van der Waals surface area contributed by atoms with Gasteiger partial charge in [0.1, 0.15) is 11.5 Å². The second-order valence-corrected chi connectivity index (χ2v) is 7.51. The minimum atomic E-state index is -1.19. The molecule has 1 saturated carbocycles. The summed E-state index contributed by atoms with van der Waals surface area (Å²) in [6, 6.07) is 5.19. The second-order valence-electron chi connectivity index (χ2n) is 7.51. The van der Waals surface area contributed by atoms with E-state index in [9.17, 15) is 18.3 Å². The predicted molar refractivity (Wildman–Crippen MR) is 124 cm³/mol. The zero-order valence-electron chi connectivity index (χ0n) is 19.1. The summed E-state index contributed by atoms with van der Waals surface area (Å²) in [5, 5.41) is 39.7. The van der Waals surface area contributed by atoms with Gasteiger partial charge in [0.15, 0.2) is 11.6 Å². The van der Waals surface area contributed by atoms with Gasteiger partial charge >= 0.3 is 0 Å². The van der Waals surface area contributed by atoms with Crippen LogP contribution in [0.4, 0.5) is 35.9 Å². The number of rotatable bonds is 8. The van der Waals surface area contributed by atoms with Crippen LogP contribution < -0.4 is 16.4 Å². The van der Waals surface area contributed by atoms with E-state index in [0.29, 0.717) is 18.4 Å². The maximum absolute atomic E-state index is 14.5. The van der Waals surface area contributed by atoms with E-state index in [1.807, 2.05) is 13.8 Å². The molecule has 1 fully saturated rings. The number of hydrogen-bond acceptors (Lipinski definition) is 7. The van der Waals surface area contributed by atoms with E-state index in [4.69, 9.17) is 21.1 Å². The van der Waals surface area contributed by atoms with Gasteiger partial charge in [-0.2, -0.15) is 0 Å². The fourth-order valence-corrected chi connectivity index (χ4v) is 3.07. The van der Waals surface area contributed by atoms with Crippen molar-refractivity contribution in [2.24, 2.45) is 0 Å². The average Bonchev–Trinajstić information content (AvgIpc) is 3.56. The van der Waals surface area contributed by atoms with Crippen molar-refractivity contribution in [3.05, 3.63) is 47.3 Å². The molecule has 7 nitrogen and oxygen atoms in total. The number of nitrogens with one attached hydrogen (secondary N) is 2. The first-order chi connectivity index (χ1) is 15.7. The van der Waals surface area contributed by atoms with Gasteiger partial charge in [0, 0.05) is 11.6 Å². The molecule has 0 amide bonds. The number of benzene rings is 2. The molecule has 2 aromatic rings. The summed E-state index contributed by atoms with van der Waals surface area (Å²) in [7, 11) is 0. The fourth-order valence-electron chi connectivity index (χ4n) is 3.07. The van der Waals surface area contributed by atoms with Gasteiger partial charge in [-0.3, -0.25) is 0 Å². The molecule has 0 spiro atoms. The van der Waals surface area contributed by atoms with Gasteiger partial charge in [-0.15, -0.1) is 0 Å². The lowest BCUT2D eigenvalue weighted by Crippen LogP contribution is -2.30. The van der Waals surface area contributed by atoms with Gasteiger partial charge in [0.05, 0.1) is 43.0 Å². The first-order valence-electron chi connectivity index (χ1n) is 10.8. The smallest absolute Gasteiger partial charge is 0.184 e. The highest BCUT2D eigenvalue weighted by Gasteiger charge is 2.45. The van der Waals surface area contributed by atoms with Crippen LogP contribution in [0.25, 0.3) is 0 Å². The Labute approximate surface area is 192 Å². The molecular weight excluding hydrogens is 439 g/mol. The Morgan fingerprint density at radius 3 is 2.09 bits per heavy atom. The average molecular weight is 474 g/mol. The maximum Gasteiger partial charge on any atom is 0.184 e. The van der Waals surface area contributed by atoms with Gasteiger partial charge in [-0.25, -0.2) is 13.2 Å². The van der Waals surface area contributed by atoms with Crippen molar-refractivity contribution in [3.8, 4) is 0 Å². The number of nitrogen functional groups attached to an aromatic ring is 1. The molecule has 33 heavy (non-hydrogen) atoms. The van der Waals surface area contributed by atoms with Gasteiger partial charge in [0.25, 0.3) is 0 Å². The van der Waals surface area contributed by atoms with Crippen molar-refractivity contribution in [2.75, 3.05) is 36.2 Å². The Bertz CT molecular complexity index is 894. The van der Waals surface area contributed by atoms with Crippen LogP contribution in [-0.2, 0) is 0 Å². The number of nitrogens with two attached hydrogens (primary N) is 1. The van der Waals surface area contributed by atoms with Crippen LogP contribution in [0.1, 0.15) is 38.7 Å². The third-order valence-electron chi connectivity index (χ3n) is 4.82. The number of aryl methyl sites for hydroxylation is 1. The van der Waals surface area contributed by atoms with Gasteiger partial charge < -0.3 is 36.8 Å². The quantitative estimate of drug-likeness (QED) is 0.292. The lowest BCUT2D eigenvalue weighted by Gasteiger charge is -2.25. The molecular formula is C23H34F3N3O4. The van der Waals surface area contributed by atoms with E-state index in [1.165, 1.54) is 12.1 Å². The van der Waals surface area contributed by atoms with Gasteiger partial charge in [-0.1, -0.05) is 19.9 Å². The molecule has 1 atom stereocenters. The maximum atomic E-state index is 14.5. The second kappa shape index (κ2) is 13.2. The minimum Gasteiger partial charge on any atom is -0.397 e. The number of aliphatic hydroxyl groups is 4. The van der Waals surface area contributed by atoms with E-state index in [-0.39, 0.29) is 42.4 Å². The molecule has 3 rings (SSSR count). The fraction of sp³-hybridized carbons (Fsp3) is 0.478. The summed E-state index contributed by atoms with van der Waals surface area (Å²) in [4.78, 5) is 0. The monoisotopic (exact) mass is 473 g/mol. The van der Waals surface area contributed by atoms with Crippen LogP contribution in [0.3, 0.4) is 0 Å². The molecule has 0 heterocycles. The number of aliphatic hydroxyl groups excluding tert-OH is 4. The molecule has 0 aromatic heterocycles. The summed E-state index contributed by atoms with van der Waals surface area (Å²) in [6.07, 6.45) is 0.611. The zero-order chi connectivity index (χ0) is 25.2. The summed E-state index contributed by atoms with van der Waals surface area (Å²) in [5.74, 6) is -2.96. The molecule has 1 aliphatic rings. The highest BCUT2D eigenvalue weighted by atomic mass is 19.2. The molecule has 186 valence electrons. The molecule has 8 N–H and O–H groups in total. The van der Waals surface area contributed by atoms with Crippen LogP contribution in [0, 0.1) is 24.4 Å². The standard InChI is InChI=1S/C19H22F3N3O2.C2H6O2.C2H6/c1-10-2-3-15(12(20)6-10)24-18-16(22)13(21)7-14(23)17(18)25-19(4-5-19)8-11(27)9-26;3-1-2-4;1-2/h2-3,6-7,11,24-27H,4-5,8-9,23H2,1H3;3-4H,1-2H2;1-2H3. The third-order valence-corrected chi connectivity index (χ3v) is 4.82. The highest BCUT2D eigenvalue weighted by molar-refractivity contribution is 5.85. The number of hydrogen-bond donors (Lipinski definition) is 7. The van der Waals surface area contributed by atoms with E-state index in [2.05, 4.69) is 10.6 Å². The van der Waals surface area contributed by atoms with Gasteiger partial charge in [0.2, 0.25) is 0 Å². The molecule has 0 bridgehead atoms. The largest absolute Gasteiger partial charge is 0.397 e. The highest BCUT2D eigenvalue weighted by Crippen LogP contribution is 2.47. The molecule has 10 heteroatoms. The van der Waals surface area contributed by atoms with Crippen molar-refractivity contribution < 1.29 is 33.6 Å². The third kappa shape index (κ3) is 8.08. The molecule has 1 unspecified atom stereocenters. The number of halogens is 3. The van der Waals surface area contributed by atoms with Crippen LogP contribution in [0.15, 0.2) is 24.3 Å². The summed E-state index contributed by atoms with van der Waals surface area (Å²) in [5.41, 5.74) is 5.72. The lowest BCUT2D eigenvalue weighted by atomic mass is 10.1. The first-order valence-corrected chi connectivity index (χ1v) is 10.8. The Morgan fingerprint density at radius 2 is 1.61 bits per heavy atom. The SMILES string of the molecule is CC.Cc1ccc(Nc2c(F)c(F)cc(N)c2NC2(CC(O)CO)CC2)c(F)c1.OCCO. The Kier molecular flexibility index (Phi) is 11.4. The van der Waals surface area contributed by atoms with E-state index < -0.39 is 35.7 Å². The number of anilines is 4. The van der Waals surface area contributed by atoms with Crippen molar-refractivity contribution in [1.29, 1.82) is 0 Å². The minimum absolute atomic E-state index is 0.0206. The Balaban J connectivity index is 0.000000820. The molecule has 0 radical (unpaired) electrons. The molecule has 2 aromatic carbocycles. The van der Waals surface area contributed by atoms with Crippen molar-refractivity contribution in [2.45, 2.75) is 51.7 Å². The zero-order valence-corrected chi connectivity index (χ0v) is 19.1. The Hall–Kier alpha value is -2.53. The van der Waals surface area contributed by atoms with Crippen LogP contribution in [0.2, 0.25) is 0 Å². The normalized spacial score (nSPS) is 14.2. The molecule has 0 aliphatic heterocycles. The van der Waals surface area contributed by atoms with Crippen molar-refractivity contribution >= 4 is 22.7 Å². The van der Waals surface area contributed by atoms with Crippen LogP contribution in [0.5, 0.6) is 0 Å². The van der Waals surface area contributed by atoms with E-state index in [0.717, 1.165) is 6.07 Å². The van der Waals surface area contributed by atoms with Crippen molar-refractivity contribution in [1.82, 2.24) is 0 Å². The molecule has 0 saturated heterocycles. The molecule has 1 aliphatic carbocycles. The van der Waals surface area contributed by atoms with Gasteiger partial charge in [-0.05, 0) is 43.9 Å². The summed E-state index contributed by atoms with van der Waals surface area (Å²) in [6.45, 7) is 5.06. The predicted octanol–water partition coefficient (Wildman–Crippen LogP) is 3.42. The summed E-state index contributed by atoms with van der Waals surface area (Å²) >= 11 is 0. The van der Waals surface area contributed by atoms with Crippen LogP contribution in [-0.4, -0.2) is 51.9 Å². The lowest BCUT2D eigenvalue weighted by molar-refractivity contribution is 0.0822. The first kappa shape index (κ1) is 28.5. The summed E-state index contributed by atoms with van der Waals surface area (Å²) < 4.78 is 42.6. The van der Waals surface area contributed by atoms with E-state index >= 15 is 0 Å². The van der Waals surface area contributed by atoms with Crippen LogP contribution >= 0.6 is 0 Å².